The molecule has 0 aliphatic carbocycles. The van der Waals surface area contributed by atoms with Crippen molar-refractivity contribution in [1.82, 2.24) is 4.98 Å². The quantitative estimate of drug-likeness (QED) is 0.356. The van der Waals surface area contributed by atoms with Gasteiger partial charge in [-0.05, 0) is 6.92 Å². The van der Waals surface area contributed by atoms with Gasteiger partial charge in [-0.15, -0.1) is 11.6 Å². The predicted molar refractivity (Wildman–Crippen MR) is 60.4 cm³/mol. The van der Waals surface area contributed by atoms with Crippen LogP contribution in [0, 0.1) is 17.0 Å². The van der Waals surface area contributed by atoms with Crippen molar-refractivity contribution >= 4 is 35.0 Å². The summed E-state index contributed by atoms with van der Waals surface area (Å²) in [6.07, 6.45) is 3.36. The van der Waals surface area contributed by atoms with Crippen molar-refractivity contribution < 1.29 is 4.92 Å². The number of pyridine rings is 1. The number of allylic oxidation sites excluding steroid dienone is 1. The summed E-state index contributed by atoms with van der Waals surface area (Å²) in [4.78, 5) is 13.9. The molecule has 1 aromatic heterocycles. The normalized spacial score (nSPS) is 10.9. The van der Waals surface area contributed by atoms with Gasteiger partial charge < -0.3 is 0 Å². The lowest BCUT2D eigenvalue weighted by Crippen LogP contribution is -1.95. The topological polar surface area (TPSA) is 56.0 Å². The number of nitro groups is 1. The SMILES string of the molecule is Cc1nc(Cl)c([N+](=O)[O-])cc1C=CCCl. The minimum absolute atomic E-state index is 0.0967. The number of hydrogen-bond acceptors (Lipinski definition) is 3. The Balaban J connectivity index is 3.23. The summed E-state index contributed by atoms with van der Waals surface area (Å²) in [6, 6.07) is 1.38. The number of aromatic nitrogens is 1. The molecule has 0 saturated heterocycles. The van der Waals surface area contributed by atoms with Gasteiger partial charge in [0.05, 0.1) is 4.92 Å². The van der Waals surface area contributed by atoms with Gasteiger partial charge in [0.25, 0.3) is 0 Å². The highest BCUT2D eigenvalue weighted by atomic mass is 35.5. The van der Waals surface area contributed by atoms with Crippen LogP contribution in [0.4, 0.5) is 5.69 Å². The smallest absolute Gasteiger partial charge is 0.258 e. The Kier molecular flexibility index (Phi) is 4.05. The highest BCUT2D eigenvalue weighted by Gasteiger charge is 2.15. The molecule has 15 heavy (non-hydrogen) atoms. The van der Waals surface area contributed by atoms with Crippen molar-refractivity contribution in [2.75, 3.05) is 5.88 Å². The Bertz CT molecular complexity index is 419. The molecule has 4 nitrogen and oxygen atoms in total. The van der Waals surface area contributed by atoms with E-state index in [1.807, 2.05) is 0 Å². The van der Waals surface area contributed by atoms with Gasteiger partial charge in [0.2, 0.25) is 5.15 Å². The molecule has 0 aromatic carbocycles. The third-order valence-corrected chi connectivity index (χ3v) is 2.23. The van der Waals surface area contributed by atoms with Gasteiger partial charge in [-0.3, -0.25) is 10.1 Å². The molecular weight excluding hydrogens is 239 g/mol. The largest absolute Gasteiger partial charge is 0.307 e. The maximum atomic E-state index is 10.6. The first-order valence-corrected chi connectivity index (χ1v) is 5.01. The molecule has 0 N–H and O–H groups in total. The van der Waals surface area contributed by atoms with Crippen molar-refractivity contribution in [3.05, 3.63) is 38.7 Å². The Morgan fingerprint density at radius 2 is 2.33 bits per heavy atom. The molecule has 0 bridgehead atoms. The van der Waals surface area contributed by atoms with Crippen LogP contribution in [0.3, 0.4) is 0 Å². The monoisotopic (exact) mass is 246 g/mol. The second-order valence-corrected chi connectivity index (χ2v) is 3.45. The maximum absolute atomic E-state index is 10.6. The third kappa shape index (κ3) is 2.91. The van der Waals surface area contributed by atoms with Crippen LogP contribution in [0.2, 0.25) is 5.15 Å². The average molecular weight is 247 g/mol. The number of alkyl halides is 1. The highest BCUT2D eigenvalue weighted by Crippen LogP contribution is 2.25. The molecule has 6 heteroatoms. The van der Waals surface area contributed by atoms with Crippen LogP contribution in [0.1, 0.15) is 11.3 Å². The minimum atomic E-state index is -0.563. The van der Waals surface area contributed by atoms with Gasteiger partial charge in [-0.1, -0.05) is 23.8 Å². The van der Waals surface area contributed by atoms with Crippen LogP contribution >= 0.6 is 23.2 Å². The molecule has 0 fully saturated rings. The van der Waals surface area contributed by atoms with E-state index in [-0.39, 0.29) is 10.8 Å². The van der Waals surface area contributed by atoms with Crippen LogP contribution in [-0.4, -0.2) is 15.8 Å². The van der Waals surface area contributed by atoms with Gasteiger partial charge in [-0.2, -0.15) is 0 Å². The summed E-state index contributed by atoms with van der Waals surface area (Å²) in [7, 11) is 0. The molecular formula is C9H8Cl2N2O2. The van der Waals surface area contributed by atoms with Gasteiger partial charge in [0, 0.05) is 23.2 Å². The van der Waals surface area contributed by atoms with Gasteiger partial charge in [0.1, 0.15) is 0 Å². The fourth-order valence-corrected chi connectivity index (χ4v) is 1.39. The summed E-state index contributed by atoms with van der Waals surface area (Å²) < 4.78 is 0. The molecule has 0 saturated carbocycles. The molecule has 1 heterocycles. The molecule has 80 valence electrons. The Morgan fingerprint density at radius 3 is 2.87 bits per heavy atom. The maximum Gasteiger partial charge on any atom is 0.307 e. The zero-order valence-corrected chi connectivity index (χ0v) is 9.42. The van der Waals surface area contributed by atoms with E-state index in [1.54, 1.807) is 19.1 Å². The van der Waals surface area contributed by atoms with Crippen LogP contribution in [-0.2, 0) is 0 Å². The molecule has 0 aliphatic heterocycles. The Morgan fingerprint density at radius 1 is 1.67 bits per heavy atom. The van der Waals surface area contributed by atoms with Crippen molar-refractivity contribution in [3.8, 4) is 0 Å². The summed E-state index contributed by atoms with van der Waals surface area (Å²) in [6.45, 7) is 1.73. The first-order valence-electron chi connectivity index (χ1n) is 4.10. The summed E-state index contributed by atoms with van der Waals surface area (Å²) in [5.41, 5.74) is 1.08. The van der Waals surface area contributed by atoms with E-state index in [9.17, 15) is 10.1 Å². The lowest BCUT2D eigenvalue weighted by atomic mass is 10.2. The molecule has 0 unspecified atom stereocenters. The average Bonchev–Trinajstić information content (AvgIpc) is 2.16. The molecule has 0 radical (unpaired) electrons. The number of halogens is 2. The van der Waals surface area contributed by atoms with Gasteiger partial charge in [-0.25, -0.2) is 4.98 Å². The minimum Gasteiger partial charge on any atom is -0.258 e. The number of hydrogen-bond donors (Lipinski definition) is 0. The lowest BCUT2D eigenvalue weighted by molar-refractivity contribution is -0.385. The van der Waals surface area contributed by atoms with Crippen molar-refractivity contribution in [3.63, 3.8) is 0 Å². The molecule has 0 amide bonds. The Hall–Kier alpha value is -1.13. The zero-order chi connectivity index (χ0) is 11.4. The van der Waals surface area contributed by atoms with E-state index in [0.29, 0.717) is 17.1 Å². The van der Waals surface area contributed by atoms with Gasteiger partial charge in [0.15, 0.2) is 0 Å². The van der Waals surface area contributed by atoms with Gasteiger partial charge >= 0.3 is 5.69 Å². The van der Waals surface area contributed by atoms with Crippen LogP contribution in [0.5, 0.6) is 0 Å². The predicted octanol–water partition coefficient (Wildman–Crippen LogP) is 3.20. The second kappa shape index (κ2) is 5.09. The van der Waals surface area contributed by atoms with E-state index in [4.69, 9.17) is 23.2 Å². The molecule has 0 atom stereocenters. The Labute approximate surface area is 96.7 Å². The van der Waals surface area contributed by atoms with Crippen LogP contribution in [0.15, 0.2) is 12.1 Å². The fraction of sp³-hybridized carbons (Fsp3) is 0.222. The first kappa shape index (κ1) is 11.9. The van der Waals surface area contributed by atoms with Crippen molar-refractivity contribution in [2.45, 2.75) is 6.92 Å². The fourth-order valence-electron chi connectivity index (χ4n) is 1.05. The van der Waals surface area contributed by atoms with Crippen LogP contribution in [0.25, 0.3) is 6.08 Å². The lowest BCUT2D eigenvalue weighted by Gasteiger charge is -2.01. The molecule has 0 spiro atoms. The number of rotatable bonds is 3. The third-order valence-electron chi connectivity index (χ3n) is 1.77. The molecule has 1 aromatic rings. The van der Waals surface area contributed by atoms with Crippen molar-refractivity contribution in [1.29, 1.82) is 0 Å². The summed E-state index contributed by atoms with van der Waals surface area (Å²) in [5.74, 6) is 0.343. The summed E-state index contributed by atoms with van der Waals surface area (Å²) >= 11 is 11.1. The highest BCUT2D eigenvalue weighted by molar-refractivity contribution is 6.31. The van der Waals surface area contributed by atoms with E-state index in [2.05, 4.69) is 4.98 Å². The van der Waals surface area contributed by atoms with E-state index in [0.717, 1.165) is 0 Å². The second-order valence-electron chi connectivity index (χ2n) is 2.79. The molecule has 1 rings (SSSR count). The van der Waals surface area contributed by atoms with E-state index < -0.39 is 4.92 Å². The standard InChI is InChI=1S/C9H8Cl2N2O2/c1-6-7(3-2-4-10)5-8(13(14)15)9(11)12-6/h2-3,5H,4H2,1H3. The van der Waals surface area contributed by atoms with Crippen molar-refractivity contribution in [2.24, 2.45) is 0 Å². The summed E-state index contributed by atoms with van der Waals surface area (Å²) in [5, 5.41) is 10.5. The van der Waals surface area contributed by atoms with E-state index >= 15 is 0 Å². The first-order chi connectivity index (χ1) is 7.06. The van der Waals surface area contributed by atoms with E-state index in [1.165, 1.54) is 6.07 Å². The number of aryl methyl sites for hydroxylation is 1. The number of nitrogens with zero attached hydrogens (tertiary/aromatic N) is 2. The zero-order valence-electron chi connectivity index (χ0n) is 7.91. The molecule has 0 aliphatic rings. The van der Waals surface area contributed by atoms with Crippen LogP contribution < -0.4 is 0 Å².